The first-order valence-electron chi connectivity index (χ1n) is 7.87. The van der Waals surface area contributed by atoms with Crippen molar-refractivity contribution in [3.8, 4) is 0 Å². The van der Waals surface area contributed by atoms with Gasteiger partial charge in [-0.1, -0.05) is 18.6 Å². The smallest absolute Gasteiger partial charge is 0.123 e. The lowest BCUT2D eigenvalue weighted by atomic mass is 10.00. The van der Waals surface area contributed by atoms with E-state index < -0.39 is 6.10 Å². The van der Waals surface area contributed by atoms with E-state index in [9.17, 15) is 9.50 Å². The van der Waals surface area contributed by atoms with Crippen molar-refractivity contribution < 1.29 is 9.50 Å². The number of halogens is 1. The highest BCUT2D eigenvalue weighted by molar-refractivity contribution is 5.18. The van der Waals surface area contributed by atoms with Crippen molar-refractivity contribution in [1.29, 1.82) is 0 Å². The molecule has 1 saturated heterocycles. The SMILES string of the molecule is OC(CN1CCCCC1Cn1cccn1)c1ccc(F)cc1. The molecule has 3 rings (SSSR count). The molecule has 2 heterocycles. The third-order valence-corrected chi connectivity index (χ3v) is 4.37. The third kappa shape index (κ3) is 3.72. The lowest BCUT2D eigenvalue weighted by molar-refractivity contribution is 0.0591. The van der Waals surface area contributed by atoms with E-state index in [0.29, 0.717) is 12.6 Å². The molecular weight excluding hydrogens is 281 g/mol. The van der Waals surface area contributed by atoms with E-state index in [1.54, 1.807) is 18.3 Å². The molecule has 0 spiro atoms. The van der Waals surface area contributed by atoms with Gasteiger partial charge in [0.25, 0.3) is 0 Å². The van der Waals surface area contributed by atoms with Crippen molar-refractivity contribution in [3.05, 3.63) is 54.1 Å². The van der Waals surface area contributed by atoms with Gasteiger partial charge in [0.15, 0.2) is 0 Å². The van der Waals surface area contributed by atoms with Crippen LogP contribution in [0.15, 0.2) is 42.7 Å². The van der Waals surface area contributed by atoms with Crippen molar-refractivity contribution in [1.82, 2.24) is 14.7 Å². The molecule has 118 valence electrons. The van der Waals surface area contributed by atoms with Gasteiger partial charge >= 0.3 is 0 Å². The highest BCUT2D eigenvalue weighted by Gasteiger charge is 2.25. The van der Waals surface area contributed by atoms with Gasteiger partial charge in [-0.05, 0) is 43.1 Å². The second kappa shape index (κ2) is 7.03. The van der Waals surface area contributed by atoms with Gasteiger partial charge in [0.05, 0.1) is 12.6 Å². The Morgan fingerprint density at radius 1 is 1.27 bits per heavy atom. The quantitative estimate of drug-likeness (QED) is 0.923. The maximum Gasteiger partial charge on any atom is 0.123 e. The van der Waals surface area contributed by atoms with Crippen molar-refractivity contribution in [2.24, 2.45) is 0 Å². The van der Waals surface area contributed by atoms with Gasteiger partial charge in [-0.25, -0.2) is 4.39 Å². The largest absolute Gasteiger partial charge is 0.387 e. The van der Waals surface area contributed by atoms with E-state index in [0.717, 1.165) is 31.5 Å². The summed E-state index contributed by atoms with van der Waals surface area (Å²) in [6.07, 6.45) is 6.68. The first kappa shape index (κ1) is 15.2. The van der Waals surface area contributed by atoms with Crippen LogP contribution in [0.4, 0.5) is 4.39 Å². The third-order valence-electron chi connectivity index (χ3n) is 4.37. The Hall–Kier alpha value is -1.72. The number of benzene rings is 1. The van der Waals surface area contributed by atoms with Crippen molar-refractivity contribution in [2.45, 2.75) is 38.0 Å². The predicted molar refractivity (Wildman–Crippen MR) is 82.8 cm³/mol. The van der Waals surface area contributed by atoms with Gasteiger partial charge in [-0.2, -0.15) is 5.10 Å². The second-order valence-corrected chi connectivity index (χ2v) is 5.94. The van der Waals surface area contributed by atoms with E-state index in [1.165, 1.54) is 18.6 Å². The topological polar surface area (TPSA) is 41.3 Å². The van der Waals surface area contributed by atoms with Gasteiger partial charge in [-0.3, -0.25) is 9.58 Å². The maximum atomic E-state index is 13.0. The number of piperidine rings is 1. The summed E-state index contributed by atoms with van der Waals surface area (Å²) in [5, 5.41) is 14.7. The van der Waals surface area contributed by atoms with Crippen LogP contribution in [0.3, 0.4) is 0 Å². The lowest BCUT2D eigenvalue weighted by Gasteiger charge is -2.36. The zero-order valence-corrected chi connectivity index (χ0v) is 12.6. The monoisotopic (exact) mass is 303 g/mol. The standard InChI is InChI=1S/C17H22FN3O/c18-15-7-5-14(6-8-15)17(22)13-20-10-2-1-4-16(20)12-21-11-3-9-19-21/h3,5-9,11,16-17,22H,1-2,4,10,12-13H2. The minimum atomic E-state index is -0.584. The summed E-state index contributed by atoms with van der Waals surface area (Å²) < 4.78 is 14.9. The summed E-state index contributed by atoms with van der Waals surface area (Å²) in [5.41, 5.74) is 0.768. The molecule has 1 fully saturated rings. The first-order valence-corrected chi connectivity index (χ1v) is 7.87. The fourth-order valence-corrected chi connectivity index (χ4v) is 3.14. The summed E-state index contributed by atoms with van der Waals surface area (Å²) in [7, 11) is 0. The molecule has 5 heteroatoms. The Morgan fingerprint density at radius 2 is 2.09 bits per heavy atom. The number of nitrogens with zero attached hydrogens (tertiary/aromatic N) is 3. The second-order valence-electron chi connectivity index (χ2n) is 5.94. The molecule has 2 atom stereocenters. The number of rotatable bonds is 5. The fourth-order valence-electron chi connectivity index (χ4n) is 3.14. The van der Waals surface area contributed by atoms with Crippen LogP contribution < -0.4 is 0 Å². The fraction of sp³-hybridized carbons (Fsp3) is 0.471. The van der Waals surface area contributed by atoms with Crippen LogP contribution in [-0.4, -0.2) is 38.9 Å². The number of β-amino-alcohol motifs (C(OH)–C–C–N with tert-alkyl or cyclic N) is 1. The molecule has 0 saturated carbocycles. The lowest BCUT2D eigenvalue weighted by Crippen LogP contribution is -2.44. The number of aliphatic hydroxyl groups is 1. The molecule has 1 aromatic carbocycles. The zero-order valence-electron chi connectivity index (χ0n) is 12.6. The number of hydrogen-bond acceptors (Lipinski definition) is 3. The Labute approximate surface area is 130 Å². The molecule has 0 radical (unpaired) electrons. The van der Waals surface area contributed by atoms with E-state index >= 15 is 0 Å². The van der Waals surface area contributed by atoms with Gasteiger partial charge in [0.1, 0.15) is 5.82 Å². The molecule has 1 N–H and O–H groups in total. The molecule has 2 unspecified atom stereocenters. The predicted octanol–water partition coefficient (Wildman–Crippen LogP) is 2.61. The van der Waals surface area contributed by atoms with Gasteiger partial charge in [0, 0.05) is 25.0 Å². The van der Waals surface area contributed by atoms with E-state index in [-0.39, 0.29) is 5.82 Å². The highest BCUT2D eigenvalue weighted by Crippen LogP contribution is 2.22. The minimum Gasteiger partial charge on any atom is -0.387 e. The van der Waals surface area contributed by atoms with E-state index in [1.807, 2.05) is 16.9 Å². The molecule has 2 aromatic rings. The summed E-state index contributed by atoms with van der Waals surface area (Å²) in [5.74, 6) is -0.273. The zero-order chi connectivity index (χ0) is 15.4. The maximum absolute atomic E-state index is 13.0. The Morgan fingerprint density at radius 3 is 2.82 bits per heavy atom. The summed E-state index contributed by atoms with van der Waals surface area (Å²) in [4.78, 5) is 2.33. The van der Waals surface area contributed by atoms with Crippen molar-refractivity contribution >= 4 is 0 Å². The van der Waals surface area contributed by atoms with Crippen LogP contribution in [-0.2, 0) is 6.54 Å². The molecular formula is C17H22FN3O. The summed E-state index contributed by atoms with van der Waals surface area (Å²) >= 11 is 0. The number of aromatic nitrogens is 2. The number of likely N-dealkylation sites (tertiary alicyclic amines) is 1. The van der Waals surface area contributed by atoms with Crippen LogP contribution in [0.5, 0.6) is 0 Å². The average Bonchev–Trinajstić information content (AvgIpc) is 3.03. The molecule has 1 aliphatic rings. The summed E-state index contributed by atoms with van der Waals surface area (Å²) in [6, 6.07) is 8.44. The Balaban J connectivity index is 1.64. The van der Waals surface area contributed by atoms with Crippen LogP contribution >= 0.6 is 0 Å². The molecule has 0 aliphatic carbocycles. The van der Waals surface area contributed by atoms with Gasteiger partial charge in [0.2, 0.25) is 0 Å². The normalized spacial score (nSPS) is 20.9. The average molecular weight is 303 g/mol. The Kier molecular flexibility index (Phi) is 4.85. The van der Waals surface area contributed by atoms with Crippen LogP contribution in [0.25, 0.3) is 0 Å². The molecule has 0 amide bonds. The molecule has 0 bridgehead atoms. The van der Waals surface area contributed by atoms with E-state index in [2.05, 4.69) is 10.00 Å². The minimum absolute atomic E-state index is 0.273. The van der Waals surface area contributed by atoms with E-state index in [4.69, 9.17) is 0 Å². The number of aliphatic hydroxyl groups excluding tert-OH is 1. The van der Waals surface area contributed by atoms with Gasteiger partial charge < -0.3 is 5.11 Å². The molecule has 4 nitrogen and oxygen atoms in total. The number of hydrogen-bond donors (Lipinski definition) is 1. The highest BCUT2D eigenvalue weighted by atomic mass is 19.1. The van der Waals surface area contributed by atoms with Crippen molar-refractivity contribution in [2.75, 3.05) is 13.1 Å². The molecule has 1 aliphatic heterocycles. The Bertz CT molecular complexity index is 570. The first-order chi connectivity index (χ1) is 10.7. The molecule has 22 heavy (non-hydrogen) atoms. The van der Waals surface area contributed by atoms with Crippen LogP contribution in [0.2, 0.25) is 0 Å². The summed E-state index contributed by atoms with van der Waals surface area (Å²) in [6.45, 7) is 2.42. The van der Waals surface area contributed by atoms with Gasteiger partial charge in [-0.15, -0.1) is 0 Å². The van der Waals surface area contributed by atoms with Crippen molar-refractivity contribution in [3.63, 3.8) is 0 Å². The van der Waals surface area contributed by atoms with Crippen LogP contribution in [0, 0.1) is 5.82 Å². The molecule has 1 aromatic heterocycles. The van der Waals surface area contributed by atoms with Crippen LogP contribution in [0.1, 0.15) is 30.9 Å².